The number of carbonyl (C=O) groups excluding carboxylic acids is 2. The molecule has 3 aromatic rings. The van der Waals surface area contributed by atoms with E-state index >= 15 is 0 Å². The maximum absolute atomic E-state index is 12.9. The topological polar surface area (TPSA) is 91.3 Å². The Labute approximate surface area is 185 Å². The molecule has 0 spiro atoms. The summed E-state index contributed by atoms with van der Waals surface area (Å²) in [5, 5.41) is 14.0. The summed E-state index contributed by atoms with van der Waals surface area (Å²) in [5.74, 6) is -0.152. The summed E-state index contributed by atoms with van der Waals surface area (Å²) in [4.78, 5) is 24.4. The van der Waals surface area contributed by atoms with Crippen LogP contribution in [0.25, 0.3) is 0 Å². The molecule has 0 unspecified atom stereocenters. The Balaban J connectivity index is 2.00. The number of rotatable bonds is 5. The summed E-state index contributed by atoms with van der Waals surface area (Å²) in [6.07, 6.45) is -0.705. The zero-order chi connectivity index (χ0) is 22.4. The van der Waals surface area contributed by atoms with Crippen molar-refractivity contribution in [1.29, 1.82) is 5.41 Å². The molecule has 0 heterocycles. The Hall–Kier alpha value is -3.84. The molecule has 3 rings (SSSR count). The van der Waals surface area contributed by atoms with Crippen molar-refractivity contribution in [3.05, 3.63) is 101 Å². The van der Waals surface area contributed by atoms with Crippen molar-refractivity contribution in [2.45, 2.75) is 6.92 Å². The average Bonchev–Trinajstić information content (AvgIpc) is 2.79. The van der Waals surface area contributed by atoms with Gasteiger partial charge in [-0.2, -0.15) is 0 Å². The Morgan fingerprint density at radius 1 is 0.903 bits per heavy atom. The van der Waals surface area contributed by atoms with Crippen LogP contribution in [0.2, 0.25) is 0 Å². The van der Waals surface area contributed by atoms with Gasteiger partial charge in [-0.3, -0.25) is 15.5 Å². The van der Waals surface area contributed by atoms with Gasteiger partial charge in [0, 0.05) is 27.9 Å². The lowest BCUT2D eigenvalue weighted by Crippen LogP contribution is -2.34. The molecular formula is C24H21N3O3S. The Morgan fingerprint density at radius 3 is 2.19 bits per heavy atom. The van der Waals surface area contributed by atoms with E-state index in [2.05, 4.69) is 15.4 Å². The van der Waals surface area contributed by atoms with Gasteiger partial charge in [-0.1, -0.05) is 60.2 Å². The number of benzene rings is 3. The van der Waals surface area contributed by atoms with E-state index in [0.717, 1.165) is 5.56 Å². The van der Waals surface area contributed by atoms with Crippen molar-refractivity contribution in [1.82, 2.24) is 5.32 Å². The number of aryl methyl sites for hydroxylation is 1. The SMILES string of the molecule is COC(=O)NC(=S)Nc1ccc(C(=O)c2ccccc2)cc1C(=N)c1ccc(C)cc1. The summed E-state index contributed by atoms with van der Waals surface area (Å²) in [7, 11) is 1.24. The summed E-state index contributed by atoms with van der Waals surface area (Å²) in [5.41, 5.74) is 3.92. The second kappa shape index (κ2) is 9.77. The first-order valence-electron chi connectivity index (χ1n) is 9.44. The third-order valence-electron chi connectivity index (χ3n) is 4.58. The molecule has 0 fully saturated rings. The summed E-state index contributed by atoms with van der Waals surface area (Å²) < 4.78 is 4.55. The van der Waals surface area contributed by atoms with E-state index in [-0.39, 0.29) is 16.6 Å². The molecule has 0 atom stereocenters. The van der Waals surface area contributed by atoms with E-state index in [9.17, 15) is 9.59 Å². The summed E-state index contributed by atoms with van der Waals surface area (Å²) >= 11 is 5.16. The van der Waals surface area contributed by atoms with Crippen LogP contribution in [-0.2, 0) is 4.74 Å². The fourth-order valence-corrected chi connectivity index (χ4v) is 3.12. The molecule has 0 aromatic heterocycles. The highest BCUT2D eigenvalue weighted by Gasteiger charge is 2.17. The second-order valence-electron chi connectivity index (χ2n) is 6.77. The van der Waals surface area contributed by atoms with Crippen LogP contribution in [0, 0.1) is 12.3 Å². The number of carbonyl (C=O) groups is 2. The largest absolute Gasteiger partial charge is 0.453 e. The first kappa shape index (κ1) is 21.9. The van der Waals surface area contributed by atoms with Crippen LogP contribution in [-0.4, -0.2) is 29.8 Å². The summed E-state index contributed by atoms with van der Waals surface area (Å²) in [6.45, 7) is 1.97. The van der Waals surface area contributed by atoms with Crippen LogP contribution >= 0.6 is 12.2 Å². The molecule has 0 bridgehead atoms. The van der Waals surface area contributed by atoms with Crippen LogP contribution in [0.1, 0.15) is 32.6 Å². The highest BCUT2D eigenvalue weighted by atomic mass is 32.1. The van der Waals surface area contributed by atoms with Gasteiger partial charge in [0.25, 0.3) is 0 Å². The van der Waals surface area contributed by atoms with E-state index < -0.39 is 6.09 Å². The van der Waals surface area contributed by atoms with Gasteiger partial charge in [-0.25, -0.2) is 4.79 Å². The number of amides is 1. The Morgan fingerprint density at radius 2 is 1.55 bits per heavy atom. The van der Waals surface area contributed by atoms with Crippen molar-refractivity contribution in [2.75, 3.05) is 12.4 Å². The predicted molar refractivity (Wildman–Crippen MR) is 125 cm³/mol. The highest BCUT2D eigenvalue weighted by Crippen LogP contribution is 2.23. The first-order valence-corrected chi connectivity index (χ1v) is 9.85. The zero-order valence-electron chi connectivity index (χ0n) is 17.1. The van der Waals surface area contributed by atoms with E-state index in [1.165, 1.54) is 7.11 Å². The molecule has 0 radical (unpaired) electrons. The molecule has 0 aliphatic rings. The first-order chi connectivity index (χ1) is 14.9. The lowest BCUT2D eigenvalue weighted by atomic mass is 9.95. The molecule has 7 heteroatoms. The fourth-order valence-electron chi connectivity index (χ4n) is 2.93. The maximum atomic E-state index is 12.9. The van der Waals surface area contributed by atoms with Gasteiger partial charge in [0.1, 0.15) is 0 Å². The van der Waals surface area contributed by atoms with Crippen molar-refractivity contribution >= 4 is 40.6 Å². The number of anilines is 1. The summed E-state index contributed by atoms with van der Waals surface area (Å²) in [6, 6.07) is 21.4. The van der Waals surface area contributed by atoms with Crippen LogP contribution in [0.5, 0.6) is 0 Å². The van der Waals surface area contributed by atoms with Crippen molar-refractivity contribution in [2.24, 2.45) is 0 Å². The lowest BCUT2D eigenvalue weighted by Gasteiger charge is -2.16. The molecule has 0 saturated carbocycles. The lowest BCUT2D eigenvalue weighted by molar-refractivity contribution is 0.103. The standard InChI is InChI=1S/C24H21N3O3S/c1-15-8-10-16(11-9-15)21(25)19-14-18(22(28)17-6-4-3-5-7-17)12-13-20(19)26-23(31)27-24(29)30-2/h3-14,25H,1-2H3,(H2,26,27,29,31). The van der Waals surface area contributed by atoms with E-state index in [1.807, 2.05) is 37.3 Å². The number of hydrogen-bond acceptors (Lipinski definition) is 5. The van der Waals surface area contributed by atoms with E-state index in [4.69, 9.17) is 17.6 Å². The zero-order valence-corrected chi connectivity index (χ0v) is 17.9. The van der Waals surface area contributed by atoms with Gasteiger partial charge in [-0.15, -0.1) is 0 Å². The molecule has 31 heavy (non-hydrogen) atoms. The van der Waals surface area contributed by atoms with Crippen LogP contribution in [0.4, 0.5) is 10.5 Å². The minimum Gasteiger partial charge on any atom is -0.453 e. The van der Waals surface area contributed by atoms with Crippen molar-refractivity contribution in [3.63, 3.8) is 0 Å². The highest BCUT2D eigenvalue weighted by molar-refractivity contribution is 7.80. The molecule has 156 valence electrons. The molecule has 3 N–H and O–H groups in total. The van der Waals surface area contributed by atoms with Gasteiger partial charge >= 0.3 is 6.09 Å². The number of thiocarbonyl (C=S) groups is 1. The number of ketones is 1. The van der Waals surface area contributed by atoms with Gasteiger partial charge in [0.05, 0.1) is 12.8 Å². The third-order valence-corrected chi connectivity index (χ3v) is 4.78. The monoisotopic (exact) mass is 431 g/mol. The van der Waals surface area contributed by atoms with Crippen LogP contribution in [0.15, 0.2) is 72.8 Å². The smallest absolute Gasteiger partial charge is 0.413 e. The van der Waals surface area contributed by atoms with Crippen LogP contribution < -0.4 is 10.6 Å². The molecule has 3 aromatic carbocycles. The normalized spacial score (nSPS) is 10.1. The number of alkyl carbamates (subject to hydrolysis) is 1. The number of hydrogen-bond donors (Lipinski definition) is 3. The molecule has 0 saturated heterocycles. The molecule has 0 aliphatic heterocycles. The van der Waals surface area contributed by atoms with Crippen molar-refractivity contribution < 1.29 is 14.3 Å². The number of nitrogens with one attached hydrogen (secondary N) is 3. The van der Waals surface area contributed by atoms with Gasteiger partial charge in [0.15, 0.2) is 10.9 Å². The molecule has 0 aliphatic carbocycles. The molecular weight excluding hydrogens is 410 g/mol. The minimum atomic E-state index is -0.705. The molecule has 6 nitrogen and oxygen atoms in total. The molecule has 1 amide bonds. The third kappa shape index (κ3) is 5.40. The van der Waals surface area contributed by atoms with Gasteiger partial charge < -0.3 is 10.1 Å². The van der Waals surface area contributed by atoms with E-state index in [1.54, 1.807) is 42.5 Å². The van der Waals surface area contributed by atoms with Crippen LogP contribution in [0.3, 0.4) is 0 Å². The predicted octanol–water partition coefficient (Wildman–Crippen LogP) is 4.69. The van der Waals surface area contributed by atoms with E-state index in [0.29, 0.717) is 27.9 Å². The average molecular weight is 432 g/mol. The number of ether oxygens (including phenoxy) is 1. The second-order valence-corrected chi connectivity index (χ2v) is 7.18. The maximum Gasteiger partial charge on any atom is 0.413 e. The van der Waals surface area contributed by atoms with Gasteiger partial charge in [-0.05, 0) is 37.3 Å². The Kier molecular flexibility index (Phi) is 6.89. The van der Waals surface area contributed by atoms with Gasteiger partial charge in [0.2, 0.25) is 0 Å². The Bertz CT molecular complexity index is 1140. The minimum absolute atomic E-state index is 0.0203. The van der Waals surface area contributed by atoms with Crippen molar-refractivity contribution in [3.8, 4) is 0 Å². The number of methoxy groups -OCH3 is 1. The fraction of sp³-hybridized carbons (Fsp3) is 0.0833. The quantitative estimate of drug-likeness (QED) is 0.310.